The lowest BCUT2D eigenvalue weighted by atomic mass is 9.96. The van der Waals surface area contributed by atoms with E-state index in [1.165, 1.54) is 12.5 Å². The highest BCUT2D eigenvalue weighted by Crippen LogP contribution is 2.20. The third-order valence-electron chi connectivity index (χ3n) is 4.70. The van der Waals surface area contributed by atoms with Crippen molar-refractivity contribution in [3.63, 3.8) is 0 Å². The number of hydrogen-bond acceptors (Lipinski definition) is 5. The number of carbonyl (C=O) groups is 3. The molecule has 0 spiro atoms. The fourth-order valence-electron chi connectivity index (χ4n) is 3.30. The van der Waals surface area contributed by atoms with Crippen molar-refractivity contribution in [2.24, 2.45) is 0 Å². The fraction of sp³-hybridized carbons (Fsp3) is 0.421. The maximum Gasteiger partial charge on any atom is 0.319 e. The van der Waals surface area contributed by atoms with Gasteiger partial charge in [0.05, 0.1) is 13.2 Å². The van der Waals surface area contributed by atoms with Crippen molar-refractivity contribution in [1.29, 1.82) is 0 Å². The molecule has 27 heavy (non-hydrogen) atoms. The molecule has 8 nitrogen and oxygen atoms in total. The molecule has 0 atom stereocenters. The number of hydrogen-bond donors (Lipinski definition) is 4. The van der Waals surface area contributed by atoms with Gasteiger partial charge >= 0.3 is 6.03 Å². The highest BCUT2D eigenvalue weighted by atomic mass is 16.3. The predicted octanol–water partition coefficient (Wildman–Crippen LogP) is 1.80. The molecule has 2 aliphatic rings. The number of nitrogens with one attached hydrogen (secondary N) is 3. The van der Waals surface area contributed by atoms with Crippen LogP contribution in [0.4, 0.5) is 16.2 Å². The number of anilines is 2. The quantitative estimate of drug-likeness (QED) is 0.569. The molecule has 0 saturated heterocycles. The molecule has 0 unspecified atom stereocenters. The fourth-order valence-corrected chi connectivity index (χ4v) is 3.30. The van der Waals surface area contributed by atoms with Crippen LogP contribution < -0.4 is 16.0 Å². The third-order valence-corrected chi connectivity index (χ3v) is 4.70. The summed E-state index contributed by atoms with van der Waals surface area (Å²) in [4.78, 5) is 36.9. The molecule has 4 amide bonds. The van der Waals surface area contributed by atoms with Gasteiger partial charge in [-0.2, -0.15) is 0 Å². The van der Waals surface area contributed by atoms with Gasteiger partial charge in [0.15, 0.2) is 0 Å². The third kappa shape index (κ3) is 4.85. The molecule has 4 N–H and O–H groups in total. The molecule has 1 fully saturated rings. The largest absolute Gasteiger partial charge is 0.395 e. The molecule has 0 radical (unpaired) electrons. The lowest BCUT2D eigenvalue weighted by molar-refractivity contribution is -0.137. The summed E-state index contributed by atoms with van der Waals surface area (Å²) in [5.41, 5.74) is 1.41. The second kappa shape index (κ2) is 8.68. The monoisotopic (exact) mass is 372 g/mol. The van der Waals surface area contributed by atoms with Crippen LogP contribution >= 0.6 is 0 Å². The number of nitrogens with zero attached hydrogens (tertiary/aromatic N) is 1. The summed E-state index contributed by atoms with van der Waals surface area (Å²) in [5, 5.41) is 17.6. The normalized spacial score (nSPS) is 17.7. The zero-order valence-electron chi connectivity index (χ0n) is 15.0. The van der Waals surface area contributed by atoms with E-state index < -0.39 is 11.8 Å². The minimum atomic E-state index is -0.469. The first-order chi connectivity index (χ1) is 13.1. The van der Waals surface area contributed by atoms with Crippen LogP contribution in [0, 0.1) is 0 Å². The van der Waals surface area contributed by atoms with E-state index in [1.807, 2.05) is 0 Å². The number of aliphatic hydroxyl groups excluding tert-OH is 1. The Balaban J connectivity index is 1.53. The summed E-state index contributed by atoms with van der Waals surface area (Å²) in [6, 6.07) is 6.88. The average Bonchev–Trinajstić information content (AvgIpc) is 2.92. The van der Waals surface area contributed by atoms with Crippen molar-refractivity contribution in [1.82, 2.24) is 10.2 Å². The van der Waals surface area contributed by atoms with E-state index in [1.54, 1.807) is 24.3 Å². The maximum atomic E-state index is 12.1. The second-order valence-corrected chi connectivity index (χ2v) is 6.71. The molecule has 1 aliphatic heterocycles. The van der Waals surface area contributed by atoms with Crippen molar-refractivity contribution in [3.8, 4) is 0 Å². The molecule has 0 bridgehead atoms. The van der Waals surface area contributed by atoms with Crippen LogP contribution in [-0.4, -0.2) is 47.0 Å². The summed E-state index contributed by atoms with van der Waals surface area (Å²) in [6.07, 6.45) is 6.78. The van der Waals surface area contributed by atoms with E-state index in [0.29, 0.717) is 11.4 Å². The van der Waals surface area contributed by atoms with Gasteiger partial charge < -0.3 is 21.1 Å². The second-order valence-electron chi connectivity index (χ2n) is 6.71. The Bertz CT molecular complexity index is 739. The van der Waals surface area contributed by atoms with Gasteiger partial charge in [-0.05, 0) is 37.1 Å². The van der Waals surface area contributed by atoms with E-state index >= 15 is 0 Å². The van der Waals surface area contributed by atoms with Crippen molar-refractivity contribution < 1.29 is 19.5 Å². The standard InChI is InChI=1S/C19H24N4O4/c24-11-10-23-17(25)12-16(18(23)26)20-14-6-8-15(9-7-14)22-19(27)21-13-4-2-1-3-5-13/h6-9,12-13,20,24H,1-5,10-11H2,(H2,21,22,27). The molecule has 8 heteroatoms. The minimum absolute atomic E-state index is 0.0295. The van der Waals surface area contributed by atoms with Crippen LogP contribution in [0.15, 0.2) is 36.0 Å². The molecular formula is C19H24N4O4. The highest BCUT2D eigenvalue weighted by molar-refractivity contribution is 6.17. The number of imide groups is 1. The maximum absolute atomic E-state index is 12.1. The SMILES string of the molecule is O=C(Nc1ccc(NC2=CC(=O)N(CCO)C2=O)cc1)NC1CCCCC1. The Labute approximate surface area is 157 Å². The first-order valence-corrected chi connectivity index (χ1v) is 9.20. The van der Waals surface area contributed by atoms with Gasteiger partial charge in [-0.25, -0.2) is 4.79 Å². The van der Waals surface area contributed by atoms with E-state index in [9.17, 15) is 14.4 Å². The lowest BCUT2D eigenvalue weighted by Crippen LogP contribution is -2.38. The number of rotatable bonds is 6. The van der Waals surface area contributed by atoms with E-state index in [0.717, 1.165) is 30.6 Å². The average molecular weight is 372 g/mol. The molecule has 1 aromatic rings. The summed E-state index contributed by atoms with van der Waals surface area (Å²) < 4.78 is 0. The molecule has 1 heterocycles. The molecular weight excluding hydrogens is 348 g/mol. The van der Waals surface area contributed by atoms with Gasteiger partial charge in [0.25, 0.3) is 11.8 Å². The zero-order chi connectivity index (χ0) is 19.2. The van der Waals surface area contributed by atoms with E-state index in [2.05, 4.69) is 16.0 Å². The van der Waals surface area contributed by atoms with Crippen molar-refractivity contribution in [3.05, 3.63) is 36.0 Å². The topological polar surface area (TPSA) is 111 Å². The summed E-state index contributed by atoms with van der Waals surface area (Å²) in [5.74, 6) is -0.919. The Morgan fingerprint density at radius 2 is 1.74 bits per heavy atom. The van der Waals surface area contributed by atoms with Crippen LogP contribution in [0.5, 0.6) is 0 Å². The van der Waals surface area contributed by atoms with E-state index in [4.69, 9.17) is 5.11 Å². The number of benzene rings is 1. The molecule has 1 aliphatic carbocycles. The van der Waals surface area contributed by atoms with Gasteiger partial charge in [-0.15, -0.1) is 0 Å². The Morgan fingerprint density at radius 1 is 1.07 bits per heavy atom. The van der Waals surface area contributed by atoms with Crippen molar-refractivity contribution in [2.45, 2.75) is 38.1 Å². The number of amides is 4. The summed E-state index contributed by atoms with van der Waals surface area (Å²) >= 11 is 0. The number of β-amino-alcohol motifs (C(OH)–C–C–N with tert-alkyl or cyclic N) is 1. The summed E-state index contributed by atoms with van der Waals surface area (Å²) in [7, 11) is 0. The lowest BCUT2D eigenvalue weighted by Gasteiger charge is -2.22. The molecule has 0 aromatic heterocycles. The predicted molar refractivity (Wildman–Crippen MR) is 101 cm³/mol. The van der Waals surface area contributed by atoms with Crippen molar-refractivity contribution >= 4 is 29.2 Å². The minimum Gasteiger partial charge on any atom is -0.395 e. The Hall–Kier alpha value is -2.87. The first-order valence-electron chi connectivity index (χ1n) is 9.20. The molecule has 3 rings (SSSR count). The summed E-state index contributed by atoms with van der Waals surface area (Å²) in [6.45, 7) is -0.305. The molecule has 1 saturated carbocycles. The zero-order valence-corrected chi connectivity index (χ0v) is 15.0. The first kappa shape index (κ1) is 18.9. The van der Waals surface area contributed by atoms with Crippen LogP contribution in [0.25, 0.3) is 0 Å². The van der Waals surface area contributed by atoms with Crippen LogP contribution in [0.1, 0.15) is 32.1 Å². The van der Waals surface area contributed by atoms with Gasteiger partial charge in [0.2, 0.25) is 0 Å². The van der Waals surface area contributed by atoms with Gasteiger partial charge in [-0.3, -0.25) is 14.5 Å². The van der Waals surface area contributed by atoms with Gasteiger partial charge in [-0.1, -0.05) is 19.3 Å². The smallest absolute Gasteiger partial charge is 0.319 e. The highest BCUT2D eigenvalue weighted by Gasteiger charge is 2.30. The Morgan fingerprint density at radius 3 is 2.41 bits per heavy atom. The van der Waals surface area contributed by atoms with Crippen molar-refractivity contribution in [2.75, 3.05) is 23.8 Å². The number of carbonyl (C=O) groups excluding carboxylic acids is 3. The van der Waals surface area contributed by atoms with E-state index in [-0.39, 0.29) is 30.9 Å². The van der Waals surface area contributed by atoms with Gasteiger partial charge in [0.1, 0.15) is 5.70 Å². The van der Waals surface area contributed by atoms with Crippen LogP contribution in [0.3, 0.4) is 0 Å². The molecule has 1 aromatic carbocycles. The molecule has 144 valence electrons. The van der Waals surface area contributed by atoms with Crippen LogP contribution in [-0.2, 0) is 9.59 Å². The number of urea groups is 1. The number of aliphatic hydroxyl groups is 1. The van der Waals surface area contributed by atoms with Crippen LogP contribution in [0.2, 0.25) is 0 Å². The van der Waals surface area contributed by atoms with Gasteiger partial charge in [0, 0.05) is 23.5 Å². The Kier molecular flexibility index (Phi) is 6.08.